The van der Waals surface area contributed by atoms with Crippen molar-refractivity contribution in [3.63, 3.8) is 0 Å². The monoisotopic (exact) mass is 247 g/mol. The summed E-state index contributed by atoms with van der Waals surface area (Å²) in [4.78, 5) is 0. The number of rotatable bonds is 2. The van der Waals surface area contributed by atoms with E-state index >= 15 is 0 Å². The lowest BCUT2D eigenvalue weighted by molar-refractivity contribution is 0.898. The highest BCUT2D eigenvalue weighted by molar-refractivity contribution is 9.10. The fourth-order valence-corrected chi connectivity index (χ4v) is 1.48. The largest absolute Gasteiger partial charge is 0.382 e. The molecule has 0 fully saturated rings. The first-order valence-corrected chi connectivity index (χ1v) is 4.99. The van der Waals surface area contributed by atoms with Gasteiger partial charge in [0.25, 0.3) is 0 Å². The van der Waals surface area contributed by atoms with Gasteiger partial charge >= 0.3 is 0 Å². The van der Waals surface area contributed by atoms with Crippen LogP contribution in [0.15, 0.2) is 22.7 Å². The molecule has 0 unspecified atom stereocenters. The molecular formula is C9H11BrClN. The first-order valence-electron chi connectivity index (χ1n) is 3.82. The fraction of sp³-hybridized carbons (Fsp3) is 0.333. The van der Waals surface area contributed by atoms with Crippen molar-refractivity contribution in [2.24, 2.45) is 0 Å². The summed E-state index contributed by atoms with van der Waals surface area (Å²) in [5, 5.41) is 4.02. The lowest BCUT2D eigenvalue weighted by Crippen LogP contribution is -2.09. The Bertz CT molecular complexity index is 273. The number of anilines is 1. The molecule has 1 rings (SSSR count). The van der Waals surface area contributed by atoms with Gasteiger partial charge in [0.1, 0.15) is 0 Å². The third-order valence-corrected chi connectivity index (χ3v) is 2.79. The Morgan fingerprint density at radius 1 is 1.42 bits per heavy atom. The maximum atomic E-state index is 5.91. The van der Waals surface area contributed by atoms with E-state index in [1.807, 2.05) is 18.2 Å². The van der Waals surface area contributed by atoms with E-state index in [2.05, 4.69) is 35.1 Å². The van der Waals surface area contributed by atoms with Crippen molar-refractivity contribution in [3.05, 3.63) is 27.7 Å². The quantitative estimate of drug-likeness (QED) is 0.836. The Balaban J connectivity index is 2.92. The van der Waals surface area contributed by atoms with E-state index in [9.17, 15) is 0 Å². The van der Waals surface area contributed by atoms with Crippen molar-refractivity contribution in [2.45, 2.75) is 19.9 Å². The molecule has 12 heavy (non-hydrogen) atoms. The van der Waals surface area contributed by atoms with Gasteiger partial charge in [0, 0.05) is 6.04 Å². The van der Waals surface area contributed by atoms with Crippen molar-refractivity contribution in [2.75, 3.05) is 5.32 Å². The van der Waals surface area contributed by atoms with Gasteiger partial charge in [-0.25, -0.2) is 0 Å². The Morgan fingerprint density at radius 3 is 2.67 bits per heavy atom. The van der Waals surface area contributed by atoms with Crippen molar-refractivity contribution < 1.29 is 0 Å². The molecule has 0 aliphatic carbocycles. The Morgan fingerprint density at radius 2 is 2.08 bits per heavy atom. The average Bonchev–Trinajstić information content (AvgIpc) is 1.98. The zero-order chi connectivity index (χ0) is 9.14. The average molecular weight is 249 g/mol. The topological polar surface area (TPSA) is 12.0 Å². The maximum Gasteiger partial charge on any atom is 0.0593 e. The number of hydrogen-bond donors (Lipinski definition) is 1. The molecule has 3 heteroatoms. The first kappa shape index (κ1) is 9.87. The maximum absolute atomic E-state index is 5.91. The van der Waals surface area contributed by atoms with Gasteiger partial charge in [-0.15, -0.1) is 0 Å². The fourth-order valence-electron chi connectivity index (χ4n) is 0.926. The molecule has 1 aromatic carbocycles. The van der Waals surface area contributed by atoms with E-state index in [1.54, 1.807) is 0 Å². The van der Waals surface area contributed by atoms with E-state index in [4.69, 9.17) is 11.6 Å². The standard InChI is InChI=1S/C9H11BrClN/c1-6(2)12-8-5-3-4-7(11)9(8)10/h3-6,12H,1-2H3. The van der Waals surface area contributed by atoms with Crippen molar-refractivity contribution >= 4 is 33.2 Å². The summed E-state index contributed by atoms with van der Waals surface area (Å²) in [6, 6.07) is 6.20. The van der Waals surface area contributed by atoms with Crippen LogP contribution in [0.3, 0.4) is 0 Å². The summed E-state index contributed by atoms with van der Waals surface area (Å²) in [6.07, 6.45) is 0. The summed E-state index contributed by atoms with van der Waals surface area (Å²) in [5.74, 6) is 0. The summed E-state index contributed by atoms with van der Waals surface area (Å²) < 4.78 is 0.931. The lowest BCUT2D eigenvalue weighted by atomic mass is 10.3. The summed E-state index contributed by atoms with van der Waals surface area (Å²) >= 11 is 9.32. The molecule has 0 bridgehead atoms. The lowest BCUT2D eigenvalue weighted by Gasteiger charge is -2.12. The molecule has 0 aromatic heterocycles. The number of nitrogens with one attached hydrogen (secondary N) is 1. The third-order valence-electron chi connectivity index (χ3n) is 1.40. The van der Waals surface area contributed by atoms with Crippen LogP contribution in [0.5, 0.6) is 0 Å². The highest BCUT2D eigenvalue weighted by atomic mass is 79.9. The van der Waals surface area contributed by atoms with Gasteiger partial charge in [0.15, 0.2) is 0 Å². The molecule has 1 aromatic rings. The van der Waals surface area contributed by atoms with Crippen LogP contribution in [0.25, 0.3) is 0 Å². The molecule has 1 nitrogen and oxygen atoms in total. The second kappa shape index (κ2) is 4.15. The van der Waals surface area contributed by atoms with Gasteiger partial charge in [0.2, 0.25) is 0 Å². The normalized spacial score (nSPS) is 10.4. The second-order valence-corrected chi connectivity index (χ2v) is 4.10. The van der Waals surface area contributed by atoms with Crippen LogP contribution in [0.4, 0.5) is 5.69 Å². The Hall–Kier alpha value is -0.210. The molecule has 0 atom stereocenters. The number of benzene rings is 1. The molecule has 0 saturated heterocycles. The Labute approximate surface area is 86.2 Å². The minimum atomic E-state index is 0.416. The van der Waals surface area contributed by atoms with Crippen molar-refractivity contribution in [1.29, 1.82) is 0 Å². The molecule has 0 aliphatic rings. The molecule has 0 spiro atoms. The first-order chi connectivity index (χ1) is 5.61. The van der Waals surface area contributed by atoms with E-state index in [-0.39, 0.29) is 0 Å². The van der Waals surface area contributed by atoms with Gasteiger partial charge in [-0.3, -0.25) is 0 Å². The highest BCUT2D eigenvalue weighted by Crippen LogP contribution is 2.30. The van der Waals surface area contributed by atoms with Crippen LogP contribution >= 0.6 is 27.5 Å². The van der Waals surface area contributed by atoms with E-state index in [0.717, 1.165) is 15.2 Å². The number of halogens is 2. The predicted octanol–water partition coefficient (Wildman–Crippen LogP) is 3.92. The van der Waals surface area contributed by atoms with Crippen LogP contribution in [0.2, 0.25) is 5.02 Å². The molecule has 0 aliphatic heterocycles. The van der Waals surface area contributed by atoms with Crippen LogP contribution in [-0.2, 0) is 0 Å². The molecule has 66 valence electrons. The van der Waals surface area contributed by atoms with Gasteiger partial charge in [-0.05, 0) is 41.9 Å². The van der Waals surface area contributed by atoms with Gasteiger partial charge < -0.3 is 5.32 Å². The van der Waals surface area contributed by atoms with Gasteiger partial charge in [-0.1, -0.05) is 17.7 Å². The second-order valence-electron chi connectivity index (χ2n) is 2.90. The minimum Gasteiger partial charge on any atom is -0.382 e. The minimum absolute atomic E-state index is 0.416. The number of hydrogen-bond acceptors (Lipinski definition) is 1. The van der Waals surface area contributed by atoms with Crippen LogP contribution in [-0.4, -0.2) is 6.04 Å². The smallest absolute Gasteiger partial charge is 0.0593 e. The van der Waals surface area contributed by atoms with Crippen molar-refractivity contribution in [3.8, 4) is 0 Å². The van der Waals surface area contributed by atoms with Crippen LogP contribution in [0, 0.1) is 0 Å². The summed E-state index contributed by atoms with van der Waals surface area (Å²) in [5.41, 5.74) is 1.04. The zero-order valence-electron chi connectivity index (χ0n) is 7.07. The van der Waals surface area contributed by atoms with Gasteiger partial charge in [0.05, 0.1) is 15.2 Å². The zero-order valence-corrected chi connectivity index (χ0v) is 9.41. The van der Waals surface area contributed by atoms with Gasteiger partial charge in [-0.2, -0.15) is 0 Å². The molecule has 0 heterocycles. The molecule has 1 N–H and O–H groups in total. The van der Waals surface area contributed by atoms with E-state index in [1.165, 1.54) is 0 Å². The molecule has 0 saturated carbocycles. The van der Waals surface area contributed by atoms with Crippen molar-refractivity contribution in [1.82, 2.24) is 0 Å². The molecule has 0 radical (unpaired) electrons. The van der Waals surface area contributed by atoms with E-state index in [0.29, 0.717) is 6.04 Å². The van der Waals surface area contributed by atoms with Crippen LogP contribution < -0.4 is 5.32 Å². The molecule has 0 amide bonds. The summed E-state index contributed by atoms with van der Waals surface area (Å²) in [6.45, 7) is 4.18. The summed E-state index contributed by atoms with van der Waals surface area (Å²) in [7, 11) is 0. The molecular weight excluding hydrogens is 237 g/mol. The SMILES string of the molecule is CC(C)Nc1cccc(Cl)c1Br. The van der Waals surface area contributed by atoms with Crippen LogP contribution in [0.1, 0.15) is 13.8 Å². The Kier molecular flexibility index (Phi) is 3.41. The highest BCUT2D eigenvalue weighted by Gasteiger charge is 2.03. The third kappa shape index (κ3) is 2.39. The predicted molar refractivity (Wildman–Crippen MR) is 57.9 cm³/mol. The van der Waals surface area contributed by atoms with E-state index < -0.39 is 0 Å².